The molecule has 2 aliphatic carbocycles. The number of nitrogens with one attached hydrogen (secondary N) is 1. The molecule has 18 heavy (non-hydrogen) atoms. The van der Waals surface area contributed by atoms with E-state index in [1.807, 2.05) is 6.92 Å². The van der Waals surface area contributed by atoms with Gasteiger partial charge in [0.1, 0.15) is 12.1 Å². The van der Waals surface area contributed by atoms with E-state index in [1.165, 1.54) is 51.4 Å². The average molecular weight is 253 g/mol. The van der Waals surface area contributed by atoms with E-state index in [0.29, 0.717) is 6.04 Å². The van der Waals surface area contributed by atoms with Gasteiger partial charge in [-0.1, -0.05) is 25.7 Å². The molecule has 104 valence electrons. The standard InChI is InChI=1S/C15H27NO2/c1-12(16-13-8-4-2-5-9-13)15(17)18-14-10-6-3-7-11-14/h12-14,16H,2-11H2,1H3/t12-/m1/s1. The first-order valence-electron chi connectivity index (χ1n) is 7.72. The van der Waals surface area contributed by atoms with Gasteiger partial charge in [0.25, 0.3) is 0 Å². The van der Waals surface area contributed by atoms with Gasteiger partial charge in [-0.2, -0.15) is 0 Å². The maximum absolute atomic E-state index is 12.0. The van der Waals surface area contributed by atoms with E-state index in [0.717, 1.165) is 12.8 Å². The summed E-state index contributed by atoms with van der Waals surface area (Å²) < 4.78 is 5.59. The predicted molar refractivity (Wildman–Crippen MR) is 72.4 cm³/mol. The van der Waals surface area contributed by atoms with Crippen LogP contribution in [0.15, 0.2) is 0 Å². The molecule has 3 heteroatoms. The van der Waals surface area contributed by atoms with E-state index in [1.54, 1.807) is 0 Å². The molecule has 1 atom stereocenters. The van der Waals surface area contributed by atoms with Crippen molar-refractivity contribution in [1.29, 1.82) is 0 Å². The number of hydrogen-bond acceptors (Lipinski definition) is 3. The van der Waals surface area contributed by atoms with Crippen molar-refractivity contribution in [3.05, 3.63) is 0 Å². The van der Waals surface area contributed by atoms with E-state index >= 15 is 0 Å². The molecule has 0 aromatic carbocycles. The summed E-state index contributed by atoms with van der Waals surface area (Å²) in [7, 11) is 0. The van der Waals surface area contributed by atoms with Crippen molar-refractivity contribution in [2.75, 3.05) is 0 Å². The molecule has 0 heterocycles. The first kappa shape index (κ1) is 13.9. The molecule has 0 amide bonds. The number of carbonyl (C=O) groups is 1. The SMILES string of the molecule is C[C@@H](NC1CCCCC1)C(=O)OC1CCCCC1. The molecule has 2 saturated carbocycles. The summed E-state index contributed by atoms with van der Waals surface area (Å²) in [5.41, 5.74) is 0. The van der Waals surface area contributed by atoms with Crippen LogP contribution in [0, 0.1) is 0 Å². The Hall–Kier alpha value is -0.570. The van der Waals surface area contributed by atoms with Crippen LogP contribution in [0.3, 0.4) is 0 Å². The third kappa shape index (κ3) is 4.27. The Morgan fingerprint density at radius 3 is 2.17 bits per heavy atom. The minimum absolute atomic E-state index is 0.0486. The van der Waals surface area contributed by atoms with Crippen molar-refractivity contribution in [2.24, 2.45) is 0 Å². The normalized spacial score (nSPS) is 24.7. The smallest absolute Gasteiger partial charge is 0.323 e. The number of esters is 1. The molecule has 0 aromatic rings. The molecule has 2 fully saturated rings. The fraction of sp³-hybridized carbons (Fsp3) is 0.933. The second-order valence-corrected chi connectivity index (χ2v) is 5.92. The third-order valence-corrected chi connectivity index (χ3v) is 4.28. The first-order chi connectivity index (χ1) is 8.75. The highest BCUT2D eigenvalue weighted by atomic mass is 16.5. The molecule has 2 aliphatic rings. The Balaban J connectivity index is 1.69. The van der Waals surface area contributed by atoms with Crippen LogP contribution in [0.5, 0.6) is 0 Å². The lowest BCUT2D eigenvalue weighted by Gasteiger charge is -2.28. The highest BCUT2D eigenvalue weighted by molar-refractivity contribution is 5.75. The van der Waals surface area contributed by atoms with E-state index in [9.17, 15) is 4.79 Å². The van der Waals surface area contributed by atoms with Gasteiger partial charge < -0.3 is 10.1 Å². The Bertz CT molecular complexity index is 255. The van der Waals surface area contributed by atoms with Gasteiger partial charge in [-0.15, -0.1) is 0 Å². The van der Waals surface area contributed by atoms with Crippen LogP contribution in [0.2, 0.25) is 0 Å². The van der Waals surface area contributed by atoms with Crippen LogP contribution in [0.25, 0.3) is 0 Å². The highest BCUT2D eigenvalue weighted by Gasteiger charge is 2.24. The van der Waals surface area contributed by atoms with Gasteiger partial charge in [-0.3, -0.25) is 4.79 Å². The van der Waals surface area contributed by atoms with Crippen LogP contribution < -0.4 is 5.32 Å². The lowest BCUT2D eigenvalue weighted by Crippen LogP contribution is -2.44. The van der Waals surface area contributed by atoms with Gasteiger partial charge in [0.05, 0.1) is 0 Å². The number of ether oxygens (including phenoxy) is 1. The maximum Gasteiger partial charge on any atom is 0.323 e. The fourth-order valence-corrected chi connectivity index (χ4v) is 3.14. The molecule has 0 radical (unpaired) electrons. The highest BCUT2D eigenvalue weighted by Crippen LogP contribution is 2.21. The molecule has 0 spiro atoms. The molecule has 0 unspecified atom stereocenters. The minimum Gasteiger partial charge on any atom is -0.461 e. The fourth-order valence-electron chi connectivity index (χ4n) is 3.14. The number of rotatable bonds is 4. The minimum atomic E-state index is -0.143. The predicted octanol–water partition coefficient (Wildman–Crippen LogP) is 3.17. The van der Waals surface area contributed by atoms with E-state index in [4.69, 9.17) is 4.74 Å². The van der Waals surface area contributed by atoms with Gasteiger partial charge >= 0.3 is 5.97 Å². The van der Waals surface area contributed by atoms with Crippen molar-refractivity contribution in [2.45, 2.75) is 89.3 Å². The third-order valence-electron chi connectivity index (χ3n) is 4.28. The molecular weight excluding hydrogens is 226 g/mol. The van der Waals surface area contributed by atoms with E-state index in [2.05, 4.69) is 5.32 Å². The second kappa shape index (κ2) is 7.13. The van der Waals surface area contributed by atoms with Crippen molar-refractivity contribution in [3.8, 4) is 0 Å². The lowest BCUT2D eigenvalue weighted by molar-refractivity contribution is -0.152. The van der Waals surface area contributed by atoms with E-state index < -0.39 is 0 Å². The zero-order chi connectivity index (χ0) is 12.8. The quantitative estimate of drug-likeness (QED) is 0.782. The van der Waals surface area contributed by atoms with Gasteiger partial charge in [0.15, 0.2) is 0 Å². The molecule has 1 N–H and O–H groups in total. The van der Waals surface area contributed by atoms with Gasteiger partial charge in [-0.05, 0) is 45.4 Å². The molecule has 2 rings (SSSR count). The molecular formula is C15H27NO2. The second-order valence-electron chi connectivity index (χ2n) is 5.92. The average Bonchev–Trinajstić information content (AvgIpc) is 2.41. The summed E-state index contributed by atoms with van der Waals surface area (Å²) in [5, 5.41) is 3.43. The lowest BCUT2D eigenvalue weighted by atomic mass is 9.95. The Labute approximate surface area is 111 Å². The zero-order valence-electron chi connectivity index (χ0n) is 11.6. The van der Waals surface area contributed by atoms with Crippen LogP contribution in [-0.2, 0) is 9.53 Å². The molecule has 0 aliphatic heterocycles. The summed E-state index contributed by atoms with van der Waals surface area (Å²) in [4.78, 5) is 12.0. The largest absolute Gasteiger partial charge is 0.461 e. The molecule has 3 nitrogen and oxygen atoms in total. The summed E-state index contributed by atoms with van der Waals surface area (Å²) >= 11 is 0. The Kier molecular flexibility index (Phi) is 5.48. The van der Waals surface area contributed by atoms with Crippen molar-refractivity contribution in [3.63, 3.8) is 0 Å². The van der Waals surface area contributed by atoms with Crippen LogP contribution in [0.4, 0.5) is 0 Å². The van der Waals surface area contributed by atoms with Crippen LogP contribution >= 0.6 is 0 Å². The molecule has 0 bridgehead atoms. The summed E-state index contributed by atoms with van der Waals surface area (Å²) in [5.74, 6) is -0.0486. The van der Waals surface area contributed by atoms with Crippen molar-refractivity contribution >= 4 is 5.97 Å². The number of hydrogen-bond donors (Lipinski definition) is 1. The van der Waals surface area contributed by atoms with Crippen LogP contribution in [0.1, 0.15) is 71.1 Å². The van der Waals surface area contributed by atoms with Gasteiger partial charge in [-0.25, -0.2) is 0 Å². The first-order valence-corrected chi connectivity index (χ1v) is 7.72. The Morgan fingerprint density at radius 2 is 1.56 bits per heavy atom. The van der Waals surface area contributed by atoms with Crippen LogP contribution in [-0.4, -0.2) is 24.2 Å². The zero-order valence-corrected chi connectivity index (χ0v) is 11.6. The van der Waals surface area contributed by atoms with Crippen molar-refractivity contribution in [1.82, 2.24) is 5.32 Å². The summed E-state index contributed by atoms with van der Waals surface area (Å²) in [6, 6.07) is 0.377. The molecule has 0 aromatic heterocycles. The number of carbonyl (C=O) groups excluding carboxylic acids is 1. The summed E-state index contributed by atoms with van der Waals surface area (Å²) in [6.07, 6.45) is 12.4. The van der Waals surface area contributed by atoms with E-state index in [-0.39, 0.29) is 18.1 Å². The van der Waals surface area contributed by atoms with Gasteiger partial charge in [0.2, 0.25) is 0 Å². The topological polar surface area (TPSA) is 38.3 Å². The Morgan fingerprint density at radius 1 is 1.00 bits per heavy atom. The molecule has 0 saturated heterocycles. The monoisotopic (exact) mass is 253 g/mol. The van der Waals surface area contributed by atoms with Crippen molar-refractivity contribution < 1.29 is 9.53 Å². The van der Waals surface area contributed by atoms with Gasteiger partial charge in [0, 0.05) is 6.04 Å². The summed E-state index contributed by atoms with van der Waals surface area (Å²) in [6.45, 7) is 1.94. The maximum atomic E-state index is 12.0.